The molecule has 10 heavy (non-hydrogen) atoms. The Morgan fingerprint density at radius 2 is 1.20 bits per heavy atom. The molecule has 0 amide bonds. The molecule has 2 heteroatoms. The zero-order valence-corrected chi connectivity index (χ0v) is 8.08. The molecule has 0 bridgehead atoms. The summed E-state index contributed by atoms with van der Waals surface area (Å²) in [6, 6.07) is 0. The maximum absolute atomic E-state index is 4.12. The fourth-order valence-corrected chi connectivity index (χ4v) is 1.02. The minimum absolute atomic E-state index is 0.997. The fraction of sp³-hybridized carbons (Fsp3) is 0.750. The molecule has 60 valence electrons. The van der Waals surface area contributed by atoms with Crippen molar-refractivity contribution in [2.24, 2.45) is 0 Å². The van der Waals surface area contributed by atoms with Crippen molar-refractivity contribution in [1.29, 1.82) is 0 Å². The van der Waals surface area contributed by atoms with E-state index in [2.05, 4.69) is 37.4 Å². The first-order valence-corrected chi connectivity index (χ1v) is 5.05. The third-order valence-electron chi connectivity index (χ3n) is 1.22. The molecular formula is C8H16S2. The van der Waals surface area contributed by atoms with Crippen molar-refractivity contribution in [2.75, 3.05) is 11.5 Å². The lowest BCUT2D eigenvalue weighted by molar-refractivity contribution is 0.936. The van der Waals surface area contributed by atoms with E-state index in [1.165, 1.54) is 25.7 Å². The van der Waals surface area contributed by atoms with Crippen LogP contribution in [0.1, 0.15) is 25.7 Å². The van der Waals surface area contributed by atoms with Gasteiger partial charge in [0.1, 0.15) is 0 Å². The number of hydrogen-bond acceptors (Lipinski definition) is 2. The van der Waals surface area contributed by atoms with Crippen LogP contribution in [0.2, 0.25) is 0 Å². The van der Waals surface area contributed by atoms with E-state index in [0.717, 1.165) is 11.5 Å². The van der Waals surface area contributed by atoms with E-state index in [4.69, 9.17) is 0 Å². The predicted octanol–water partition coefficient (Wildman–Crippen LogP) is 2.96. The van der Waals surface area contributed by atoms with Crippen LogP contribution in [0.5, 0.6) is 0 Å². The second kappa shape index (κ2) is 9.44. The van der Waals surface area contributed by atoms with Crippen LogP contribution in [0.25, 0.3) is 0 Å². The zero-order chi connectivity index (χ0) is 7.66. The summed E-state index contributed by atoms with van der Waals surface area (Å²) in [4.78, 5) is 0. The Morgan fingerprint density at radius 3 is 1.50 bits per heavy atom. The Hall–Kier alpha value is 0.440. The summed E-state index contributed by atoms with van der Waals surface area (Å²) in [5.74, 6) is 1.99. The zero-order valence-electron chi connectivity index (χ0n) is 6.29. The molecule has 0 saturated carbocycles. The average molecular weight is 176 g/mol. The van der Waals surface area contributed by atoms with E-state index in [9.17, 15) is 0 Å². The van der Waals surface area contributed by atoms with Gasteiger partial charge >= 0.3 is 0 Å². The fourth-order valence-electron chi connectivity index (χ4n) is 0.654. The van der Waals surface area contributed by atoms with Crippen LogP contribution in [0.3, 0.4) is 0 Å². The third-order valence-corrected chi connectivity index (χ3v) is 1.86. The van der Waals surface area contributed by atoms with Gasteiger partial charge in [-0.25, -0.2) is 0 Å². The minimum atomic E-state index is 0.997. The Labute approximate surface area is 74.9 Å². The maximum Gasteiger partial charge on any atom is -0.00950 e. The van der Waals surface area contributed by atoms with Gasteiger partial charge in [-0.1, -0.05) is 12.2 Å². The highest BCUT2D eigenvalue weighted by Gasteiger charge is 1.79. The summed E-state index contributed by atoms with van der Waals surface area (Å²) in [6.45, 7) is 0. The number of hydrogen-bond donors (Lipinski definition) is 2. The first kappa shape index (κ1) is 10.4. The minimum Gasteiger partial charge on any atom is -0.179 e. The van der Waals surface area contributed by atoms with Gasteiger partial charge in [-0.05, 0) is 37.2 Å². The van der Waals surface area contributed by atoms with Crippen LogP contribution in [-0.4, -0.2) is 11.5 Å². The Bertz CT molecular complexity index is 69.3. The highest BCUT2D eigenvalue weighted by Crippen LogP contribution is 1.97. The molecule has 0 aromatic rings. The highest BCUT2D eigenvalue weighted by molar-refractivity contribution is 7.80. The molecule has 0 aliphatic heterocycles. The molecule has 0 aliphatic rings. The molecule has 0 aliphatic carbocycles. The summed E-state index contributed by atoms with van der Waals surface area (Å²) in [5, 5.41) is 0. The average Bonchev–Trinajstić information content (AvgIpc) is 1.97. The van der Waals surface area contributed by atoms with Crippen molar-refractivity contribution in [3.63, 3.8) is 0 Å². The molecular weight excluding hydrogens is 160 g/mol. The van der Waals surface area contributed by atoms with Crippen LogP contribution in [0.15, 0.2) is 12.2 Å². The van der Waals surface area contributed by atoms with Gasteiger partial charge in [0.2, 0.25) is 0 Å². The van der Waals surface area contributed by atoms with Crippen molar-refractivity contribution in [3.05, 3.63) is 12.2 Å². The van der Waals surface area contributed by atoms with E-state index in [-0.39, 0.29) is 0 Å². The van der Waals surface area contributed by atoms with E-state index in [0.29, 0.717) is 0 Å². The highest BCUT2D eigenvalue weighted by atomic mass is 32.1. The maximum atomic E-state index is 4.12. The summed E-state index contributed by atoms with van der Waals surface area (Å²) < 4.78 is 0. The molecule has 0 aromatic heterocycles. The molecule has 0 unspecified atom stereocenters. The molecule has 0 nitrogen and oxygen atoms in total. The van der Waals surface area contributed by atoms with Crippen molar-refractivity contribution >= 4 is 25.3 Å². The monoisotopic (exact) mass is 176 g/mol. The van der Waals surface area contributed by atoms with Gasteiger partial charge in [-0.3, -0.25) is 0 Å². The lowest BCUT2D eigenvalue weighted by atomic mass is 10.2. The molecule has 0 radical (unpaired) electrons. The summed E-state index contributed by atoms with van der Waals surface area (Å²) in [6.07, 6.45) is 9.21. The second-order valence-electron chi connectivity index (χ2n) is 2.20. The lowest BCUT2D eigenvalue weighted by Crippen LogP contribution is -1.73. The number of allylic oxidation sites excluding steroid dienone is 2. The van der Waals surface area contributed by atoms with Gasteiger partial charge in [0.25, 0.3) is 0 Å². The smallest absolute Gasteiger partial charge is 0.00950 e. The van der Waals surface area contributed by atoms with E-state index >= 15 is 0 Å². The van der Waals surface area contributed by atoms with Crippen molar-refractivity contribution in [3.8, 4) is 0 Å². The normalized spacial score (nSPS) is 11.0. The Kier molecular flexibility index (Phi) is 9.86. The van der Waals surface area contributed by atoms with Crippen molar-refractivity contribution in [1.82, 2.24) is 0 Å². The molecule has 0 fully saturated rings. The Morgan fingerprint density at radius 1 is 0.800 bits per heavy atom. The standard InChI is InChI=1S/C8H16S2/c9-7-5-3-1-2-4-6-8-10/h1-2,9-10H,3-8H2. The van der Waals surface area contributed by atoms with Crippen LogP contribution < -0.4 is 0 Å². The van der Waals surface area contributed by atoms with Crippen molar-refractivity contribution in [2.45, 2.75) is 25.7 Å². The number of thiol groups is 2. The van der Waals surface area contributed by atoms with Crippen LogP contribution >= 0.6 is 25.3 Å². The second-order valence-corrected chi connectivity index (χ2v) is 3.10. The number of unbranched alkanes of at least 4 members (excludes halogenated alkanes) is 2. The molecule has 0 saturated heterocycles. The molecule has 0 rings (SSSR count). The van der Waals surface area contributed by atoms with Crippen LogP contribution in [-0.2, 0) is 0 Å². The lowest BCUT2D eigenvalue weighted by Gasteiger charge is -1.89. The van der Waals surface area contributed by atoms with E-state index < -0.39 is 0 Å². The topological polar surface area (TPSA) is 0 Å². The first-order valence-electron chi connectivity index (χ1n) is 3.78. The summed E-state index contributed by atoms with van der Waals surface area (Å²) in [5.41, 5.74) is 0. The van der Waals surface area contributed by atoms with E-state index in [1.54, 1.807) is 0 Å². The third kappa shape index (κ3) is 8.44. The van der Waals surface area contributed by atoms with Crippen LogP contribution in [0, 0.1) is 0 Å². The van der Waals surface area contributed by atoms with Crippen LogP contribution in [0.4, 0.5) is 0 Å². The molecule has 0 N–H and O–H groups in total. The van der Waals surface area contributed by atoms with E-state index in [1.807, 2.05) is 0 Å². The van der Waals surface area contributed by atoms with Gasteiger partial charge < -0.3 is 0 Å². The van der Waals surface area contributed by atoms with Gasteiger partial charge in [-0.2, -0.15) is 25.3 Å². The van der Waals surface area contributed by atoms with Gasteiger partial charge in [0, 0.05) is 0 Å². The molecule has 0 aromatic carbocycles. The summed E-state index contributed by atoms with van der Waals surface area (Å²) >= 11 is 8.24. The predicted molar refractivity (Wildman–Crippen MR) is 55.3 cm³/mol. The molecule has 0 atom stereocenters. The first-order chi connectivity index (χ1) is 4.91. The number of rotatable bonds is 6. The van der Waals surface area contributed by atoms with Gasteiger partial charge in [0.05, 0.1) is 0 Å². The molecule has 0 heterocycles. The summed E-state index contributed by atoms with van der Waals surface area (Å²) in [7, 11) is 0. The quantitative estimate of drug-likeness (QED) is 0.347. The SMILES string of the molecule is SCCCC=CCCCS. The molecule has 0 spiro atoms. The van der Waals surface area contributed by atoms with Gasteiger partial charge in [-0.15, -0.1) is 0 Å². The Balaban J connectivity index is 2.89. The largest absolute Gasteiger partial charge is 0.179 e. The van der Waals surface area contributed by atoms with Gasteiger partial charge in [0.15, 0.2) is 0 Å². The van der Waals surface area contributed by atoms with Crippen molar-refractivity contribution < 1.29 is 0 Å².